The number of aryl methyl sites for hydroxylation is 1. The number of nitrogens with zero attached hydrogens (tertiary/aromatic N) is 1. The average Bonchev–Trinajstić information content (AvgIpc) is 2.58. The molecule has 0 saturated heterocycles. The fraction of sp³-hybridized carbons (Fsp3) is 0.235. The maximum atomic E-state index is 11.7. The van der Waals surface area contributed by atoms with Gasteiger partial charge in [-0.1, -0.05) is 36.4 Å². The Labute approximate surface area is 129 Å². The molecule has 5 heteroatoms. The third-order valence-corrected chi connectivity index (χ3v) is 3.12. The minimum atomic E-state index is -0.223. The van der Waals surface area contributed by atoms with E-state index in [0.717, 1.165) is 11.3 Å². The highest BCUT2D eigenvalue weighted by atomic mass is 16.2. The highest BCUT2D eigenvalue weighted by molar-refractivity contribution is 5.84. The number of nitrogens with one attached hydrogen (secondary N) is 2. The van der Waals surface area contributed by atoms with Crippen LogP contribution in [0.15, 0.2) is 54.7 Å². The van der Waals surface area contributed by atoms with E-state index in [1.807, 2.05) is 48.5 Å². The molecule has 1 heterocycles. The summed E-state index contributed by atoms with van der Waals surface area (Å²) in [4.78, 5) is 27.4. The molecule has 0 unspecified atom stereocenters. The number of hydrogen-bond donors (Lipinski definition) is 2. The van der Waals surface area contributed by atoms with Crippen molar-refractivity contribution in [1.29, 1.82) is 0 Å². The summed E-state index contributed by atoms with van der Waals surface area (Å²) in [5.41, 5.74) is 1.89. The van der Waals surface area contributed by atoms with Gasteiger partial charge in [0, 0.05) is 12.6 Å². The zero-order chi connectivity index (χ0) is 15.6. The number of pyridine rings is 1. The summed E-state index contributed by atoms with van der Waals surface area (Å²) >= 11 is 0. The molecule has 0 aliphatic carbocycles. The monoisotopic (exact) mass is 297 g/mol. The summed E-state index contributed by atoms with van der Waals surface area (Å²) in [6.45, 7) is 0.347. The normalized spacial score (nSPS) is 10.0. The third-order valence-electron chi connectivity index (χ3n) is 3.12. The summed E-state index contributed by atoms with van der Waals surface area (Å²) in [6.07, 6.45) is 2.71. The average molecular weight is 297 g/mol. The molecule has 2 N–H and O–H groups in total. The molecule has 114 valence electrons. The second-order valence-corrected chi connectivity index (χ2v) is 4.86. The number of aromatic nitrogens is 1. The Morgan fingerprint density at radius 3 is 2.41 bits per heavy atom. The lowest BCUT2D eigenvalue weighted by atomic mass is 10.1. The van der Waals surface area contributed by atoms with Crippen molar-refractivity contribution in [3.63, 3.8) is 0 Å². The summed E-state index contributed by atoms with van der Waals surface area (Å²) in [7, 11) is 0. The van der Waals surface area contributed by atoms with E-state index in [2.05, 4.69) is 15.6 Å². The van der Waals surface area contributed by atoms with E-state index in [1.165, 1.54) is 0 Å². The van der Waals surface area contributed by atoms with Crippen LogP contribution < -0.4 is 10.6 Å². The minimum Gasteiger partial charge on any atom is -0.349 e. The quantitative estimate of drug-likeness (QED) is 0.812. The van der Waals surface area contributed by atoms with E-state index in [1.54, 1.807) is 6.20 Å². The van der Waals surface area contributed by atoms with Gasteiger partial charge in [0.1, 0.15) is 0 Å². The minimum absolute atomic E-state index is 0.0134. The number of rotatable bonds is 7. The van der Waals surface area contributed by atoms with E-state index in [-0.39, 0.29) is 18.4 Å². The van der Waals surface area contributed by atoms with Crippen LogP contribution >= 0.6 is 0 Å². The van der Waals surface area contributed by atoms with Crippen molar-refractivity contribution in [2.75, 3.05) is 6.54 Å². The van der Waals surface area contributed by atoms with Crippen molar-refractivity contribution in [1.82, 2.24) is 15.6 Å². The van der Waals surface area contributed by atoms with E-state index >= 15 is 0 Å². The largest absolute Gasteiger partial charge is 0.349 e. The molecule has 2 rings (SSSR count). The van der Waals surface area contributed by atoms with E-state index in [4.69, 9.17) is 0 Å². The van der Waals surface area contributed by atoms with Gasteiger partial charge in [0.25, 0.3) is 0 Å². The number of benzene rings is 1. The van der Waals surface area contributed by atoms with E-state index in [0.29, 0.717) is 19.4 Å². The van der Waals surface area contributed by atoms with Crippen LogP contribution in [0.2, 0.25) is 0 Å². The molecule has 0 saturated carbocycles. The van der Waals surface area contributed by atoms with Crippen molar-refractivity contribution in [2.24, 2.45) is 0 Å². The highest BCUT2D eigenvalue weighted by Crippen LogP contribution is 2.01. The Kier molecular flexibility index (Phi) is 6.11. The van der Waals surface area contributed by atoms with Crippen LogP contribution in [0.4, 0.5) is 0 Å². The lowest BCUT2D eigenvalue weighted by molar-refractivity contribution is -0.126. The second-order valence-electron chi connectivity index (χ2n) is 4.86. The Morgan fingerprint density at radius 2 is 1.68 bits per heavy atom. The van der Waals surface area contributed by atoms with Crippen LogP contribution in [0.5, 0.6) is 0 Å². The maximum Gasteiger partial charge on any atom is 0.239 e. The first-order valence-corrected chi connectivity index (χ1v) is 7.21. The number of carbonyl (C=O) groups is 2. The molecule has 5 nitrogen and oxygen atoms in total. The second kappa shape index (κ2) is 8.56. The van der Waals surface area contributed by atoms with Crippen LogP contribution in [0.3, 0.4) is 0 Å². The predicted molar refractivity (Wildman–Crippen MR) is 83.9 cm³/mol. The maximum absolute atomic E-state index is 11.7. The molecule has 0 fully saturated rings. The molecule has 2 amide bonds. The Bertz CT molecular complexity index is 544. The van der Waals surface area contributed by atoms with Gasteiger partial charge in [0.05, 0.1) is 18.8 Å². The van der Waals surface area contributed by atoms with Gasteiger partial charge in [0.15, 0.2) is 0 Å². The first-order chi connectivity index (χ1) is 10.7. The van der Waals surface area contributed by atoms with Gasteiger partial charge in [0.2, 0.25) is 11.8 Å². The molecule has 0 aliphatic heterocycles. The zero-order valence-corrected chi connectivity index (χ0v) is 12.3. The van der Waals surface area contributed by atoms with Crippen molar-refractivity contribution >= 4 is 11.8 Å². The highest BCUT2D eigenvalue weighted by Gasteiger charge is 2.06. The van der Waals surface area contributed by atoms with Crippen LogP contribution in [-0.2, 0) is 22.6 Å². The molecule has 0 bridgehead atoms. The smallest absolute Gasteiger partial charge is 0.239 e. The topological polar surface area (TPSA) is 71.1 Å². The van der Waals surface area contributed by atoms with E-state index in [9.17, 15) is 9.59 Å². The molecular formula is C17H19N3O2. The molecule has 0 spiro atoms. The lowest BCUT2D eigenvalue weighted by Gasteiger charge is -2.07. The molecule has 1 aromatic heterocycles. The number of hydrogen-bond acceptors (Lipinski definition) is 3. The van der Waals surface area contributed by atoms with Crippen LogP contribution in [0, 0.1) is 0 Å². The SMILES string of the molecule is O=C(CCc1ccccc1)NCC(=O)NCc1ccccn1. The standard InChI is InChI=1S/C17H19N3O2/c21-16(10-9-14-6-2-1-3-7-14)20-13-17(22)19-12-15-8-4-5-11-18-15/h1-8,11H,9-10,12-13H2,(H,19,22)(H,20,21). The Balaban J connectivity index is 1.62. The predicted octanol–water partition coefficient (Wildman–Crippen LogP) is 1.45. The summed E-state index contributed by atoms with van der Waals surface area (Å²) < 4.78 is 0. The molecular weight excluding hydrogens is 278 g/mol. The van der Waals surface area contributed by atoms with Gasteiger partial charge < -0.3 is 10.6 Å². The summed E-state index contributed by atoms with van der Waals surface area (Å²) in [5.74, 6) is -0.351. The Hall–Kier alpha value is -2.69. The fourth-order valence-electron chi connectivity index (χ4n) is 1.92. The van der Waals surface area contributed by atoms with Crippen LogP contribution in [0.1, 0.15) is 17.7 Å². The summed E-state index contributed by atoms with van der Waals surface area (Å²) in [5, 5.41) is 5.33. The van der Waals surface area contributed by atoms with Gasteiger partial charge in [-0.15, -0.1) is 0 Å². The number of carbonyl (C=O) groups excluding carboxylic acids is 2. The summed E-state index contributed by atoms with van der Waals surface area (Å²) in [6, 6.07) is 15.3. The van der Waals surface area contributed by atoms with Gasteiger partial charge in [-0.05, 0) is 24.1 Å². The van der Waals surface area contributed by atoms with Crippen molar-refractivity contribution in [2.45, 2.75) is 19.4 Å². The lowest BCUT2D eigenvalue weighted by Crippen LogP contribution is -2.36. The third kappa shape index (κ3) is 5.75. The van der Waals surface area contributed by atoms with Crippen molar-refractivity contribution in [3.8, 4) is 0 Å². The zero-order valence-electron chi connectivity index (χ0n) is 12.3. The van der Waals surface area contributed by atoms with Crippen LogP contribution in [-0.4, -0.2) is 23.3 Å². The Morgan fingerprint density at radius 1 is 0.909 bits per heavy atom. The first kappa shape index (κ1) is 15.7. The fourth-order valence-corrected chi connectivity index (χ4v) is 1.92. The van der Waals surface area contributed by atoms with E-state index < -0.39 is 0 Å². The van der Waals surface area contributed by atoms with Crippen molar-refractivity contribution < 1.29 is 9.59 Å². The van der Waals surface area contributed by atoms with Crippen LogP contribution in [0.25, 0.3) is 0 Å². The van der Waals surface area contributed by atoms with Gasteiger partial charge in [-0.2, -0.15) is 0 Å². The first-order valence-electron chi connectivity index (χ1n) is 7.21. The molecule has 0 radical (unpaired) electrons. The van der Waals surface area contributed by atoms with Gasteiger partial charge in [-0.25, -0.2) is 0 Å². The number of amides is 2. The molecule has 22 heavy (non-hydrogen) atoms. The van der Waals surface area contributed by atoms with Crippen molar-refractivity contribution in [3.05, 3.63) is 66.0 Å². The molecule has 0 atom stereocenters. The molecule has 1 aromatic carbocycles. The molecule has 2 aromatic rings. The molecule has 0 aliphatic rings. The van der Waals surface area contributed by atoms with Gasteiger partial charge >= 0.3 is 0 Å². The van der Waals surface area contributed by atoms with Gasteiger partial charge in [-0.3, -0.25) is 14.6 Å².